The van der Waals surface area contributed by atoms with Crippen LogP contribution < -0.4 is 14.2 Å². The van der Waals surface area contributed by atoms with Crippen LogP contribution in [0.3, 0.4) is 0 Å². The summed E-state index contributed by atoms with van der Waals surface area (Å²) in [6, 6.07) is 10.7. The van der Waals surface area contributed by atoms with E-state index in [4.69, 9.17) is 18.9 Å². The van der Waals surface area contributed by atoms with Crippen molar-refractivity contribution in [1.82, 2.24) is 0 Å². The van der Waals surface area contributed by atoms with E-state index >= 15 is 0 Å². The molecule has 0 radical (unpaired) electrons. The fourth-order valence-corrected chi connectivity index (χ4v) is 2.89. The molecule has 0 saturated heterocycles. The van der Waals surface area contributed by atoms with E-state index in [1.165, 1.54) is 7.11 Å². The van der Waals surface area contributed by atoms with Gasteiger partial charge in [0.1, 0.15) is 18.8 Å². The molecule has 0 aliphatic heterocycles. The van der Waals surface area contributed by atoms with Crippen molar-refractivity contribution in [3.05, 3.63) is 52.0 Å². The van der Waals surface area contributed by atoms with Crippen molar-refractivity contribution in [3.8, 4) is 17.2 Å². The lowest BCUT2D eigenvalue weighted by molar-refractivity contribution is -0.141. The highest BCUT2D eigenvalue weighted by atomic mass is 79.9. The molecular formula is C20H21BrO6. The Balaban J connectivity index is 2.18. The van der Waals surface area contributed by atoms with Gasteiger partial charge in [-0.05, 0) is 52.7 Å². The highest BCUT2D eigenvalue weighted by molar-refractivity contribution is 9.10. The van der Waals surface area contributed by atoms with Crippen LogP contribution in [0.25, 0.3) is 0 Å². The van der Waals surface area contributed by atoms with Gasteiger partial charge in [0.25, 0.3) is 0 Å². The molecule has 27 heavy (non-hydrogen) atoms. The van der Waals surface area contributed by atoms with Crippen LogP contribution in [0.1, 0.15) is 29.3 Å². The minimum Gasteiger partial charge on any atom is -0.497 e. The van der Waals surface area contributed by atoms with Crippen LogP contribution >= 0.6 is 15.9 Å². The summed E-state index contributed by atoms with van der Waals surface area (Å²) >= 11 is 3.34. The van der Waals surface area contributed by atoms with Gasteiger partial charge in [0.2, 0.25) is 0 Å². The Hall–Kier alpha value is -2.54. The highest BCUT2D eigenvalue weighted by Gasteiger charge is 2.19. The van der Waals surface area contributed by atoms with E-state index < -0.39 is 5.97 Å². The number of Topliss-reactive ketones (excluding diaryl/α,β-unsaturated/α-hetero) is 1. The smallest absolute Gasteiger partial charge is 0.313 e. The summed E-state index contributed by atoms with van der Waals surface area (Å²) in [6.45, 7) is 2.20. The Morgan fingerprint density at radius 2 is 1.70 bits per heavy atom. The SMILES string of the molecule is CCOC(=O)CC(=O)c1cc(OCc2ccc(OC)cc2)c(OC)cc1Br. The Kier molecular flexibility index (Phi) is 7.67. The maximum Gasteiger partial charge on any atom is 0.313 e. The molecule has 0 bridgehead atoms. The third kappa shape index (κ3) is 5.72. The van der Waals surface area contributed by atoms with E-state index in [2.05, 4.69) is 15.9 Å². The van der Waals surface area contributed by atoms with Gasteiger partial charge in [-0.25, -0.2) is 0 Å². The van der Waals surface area contributed by atoms with Crippen molar-refractivity contribution in [2.45, 2.75) is 20.0 Å². The topological polar surface area (TPSA) is 71.1 Å². The summed E-state index contributed by atoms with van der Waals surface area (Å²) in [7, 11) is 3.12. The first-order chi connectivity index (χ1) is 13.0. The molecule has 0 unspecified atom stereocenters. The van der Waals surface area contributed by atoms with Crippen LogP contribution in [-0.4, -0.2) is 32.6 Å². The van der Waals surface area contributed by atoms with Crippen molar-refractivity contribution < 1.29 is 28.5 Å². The molecule has 2 aromatic rings. The molecule has 0 spiro atoms. The van der Waals surface area contributed by atoms with Gasteiger partial charge < -0.3 is 18.9 Å². The zero-order valence-corrected chi connectivity index (χ0v) is 17.0. The molecule has 0 fully saturated rings. The maximum absolute atomic E-state index is 12.4. The summed E-state index contributed by atoms with van der Waals surface area (Å²) in [5.74, 6) is 0.710. The second kappa shape index (κ2) is 9.97. The van der Waals surface area contributed by atoms with E-state index in [1.54, 1.807) is 26.2 Å². The van der Waals surface area contributed by atoms with Gasteiger partial charge in [-0.15, -0.1) is 0 Å². The van der Waals surface area contributed by atoms with Crippen LogP contribution in [0.5, 0.6) is 17.2 Å². The number of rotatable bonds is 9. The number of halogens is 1. The van der Waals surface area contributed by atoms with Crippen molar-refractivity contribution in [1.29, 1.82) is 0 Å². The molecule has 7 heteroatoms. The predicted molar refractivity (Wildman–Crippen MR) is 104 cm³/mol. The minimum absolute atomic E-state index is 0.228. The molecule has 6 nitrogen and oxygen atoms in total. The Labute approximate surface area is 166 Å². The van der Waals surface area contributed by atoms with Gasteiger partial charge in [0.15, 0.2) is 17.3 Å². The second-order valence-electron chi connectivity index (χ2n) is 5.52. The fourth-order valence-electron chi connectivity index (χ4n) is 2.34. The number of ether oxygens (including phenoxy) is 4. The molecule has 0 aromatic heterocycles. The van der Waals surface area contributed by atoms with Crippen molar-refractivity contribution in [2.24, 2.45) is 0 Å². The molecule has 0 atom stereocenters. The lowest BCUT2D eigenvalue weighted by Crippen LogP contribution is -2.12. The first-order valence-corrected chi connectivity index (χ1v) is 9.09. The Bertz CT molecular complexity index is 801. The fraction of sp³-hybridized carbons (Fsp3) is 0.300. The third-order valence-electron chi connectivity index (χ3n) is 3.72. The summed E-state index contributed by atoms with van der Waals surface area (Å²) in [5, 5.41) is 0. The van der Waals surface area contributed by atoms with E-state index in [0.717, 1.165) is 11.3 Å². The third-order valence-corrected chi connectivity index (χ3v) is 4.37. The number of carbonyl (C=O) groups is 2. The number of methoxy groups -OCH3 is 2. The Morgan fingerprint density at radius 1 is 1.00 bits per heavy atom. The quantitative estimate of drug-likeness (QED) is 0.333. The molecular weight excluding hydrogens is 416 g/mol. The highest BCUT2D eigenvalue weighted by Crippen LogP contribution is 2.34. The Morgan fingerprint density at radius 3 is 2.30 bits per heavy atom. The minimum atomic E-state index is -0.564. The van der Waals surface area contributed by atoms with Crippen molar-refractivity contribution in [3.63, 3.8) is 0 Å². The number of ketones is 1. The number of carbonyl (C=O) groups excluding carboxylic acids is 2. The maximum atomic E-state index is 12.4. The second-order valence-corrected chi connectivity index (χ2v) is 6.38. The van der Waals surface area contributed by atoms with Crippen molar-refractivity contribution in [2.75, 3.05) is 20.8 Å². The van der Waals surface area contributed by atoms with Gasteiger partial charge in [0.05, 0.1) is 20.8 Å². The molecule has 0 aliphatic rings. The van der Waals surface area contributed by atoms with Gasteiger partial charge >= 0.3 is 5.97 Å². The molecule has 2 rings (SSSR count). The number of esters is 1. The number of benzene rings is 2. The van der Waals surface area contributed by atoms with Gasteiger partial charge in [0, 0.05) is 10.0 Å². The number of hydrogen-bond donors (Lipinski definition) is 0. The molecule has 2 aromatic carbocycles. The first-order valence-electron chi connectivity index (χ1n) is 8.30. The van der Waals surface area contributed by atoms with E-state index in [0.29, 0.717) is 21.5 Å². The summed E-state index contributed by atoms with van der Waals surface area (Å²) < 4.78 is 21.6. The molecule has 0 heterocycles. The molecule has 144 valence electrons. The summed E-state index contributed by atoms with van der Waals surface area (Å²) in [4.78, 5) is 24.0. The standard InChI is InChI=1S/C20H21BrO6/c1-4-26-20(23)11-17(22)15-9-19(18(25-3)10-16(15)21)27-12-13-5-7-14(24-2)8-6-13/h5-10H,4,11-12H2,1-3H3. The van der Waals surface area contributed by atoms with Crippen molar-refractivity contribution >= 4 is 27.7 Å². The van der Waals surface area contributed by atoms with Crippen LogP contribution in [0.15, 0.2) is 40.9 Å². The first kappa shape index (κ1) is 20.8. The van der Waals surface area contributed by atoms with Gasteiger partial charge in [-0.2, -0.15) is 0 Å². The summed E-state index contributed by atoms with van der Waals surface area (Å²) in [6.07, 6.45) is -0.337. The molecule has 0 amide bonds. The number of hydrogen-bond acceptors (Lipinski definition) is 6. The van der Waals surface area contributed by atoms with Gasteiger partial charge in [-0.3, -0.25) is 9.59 Å². The van der Waals surface area contributed by atoms with Crippen LogP contribution in [0, 0.1) is 0 Å². The van der Waals surface area contributed by atoms with E-state index in [9.17, 15) is 9.59 Å². The molecule has 0 N–H and O–H groups in total. The summed E-state index contributed by atoms with van der Waals surface area (Å²) in [5.41, 5.74) is 1.26. The lowest BCUT2D eigenvalue weighted by Gasteiger charge is -2.14. The monoisotopic (exact) mass is 436 g/mol. The van der Waals surface area contributed by atoms with Crippen LogP contribution in [-0.2, 0) is 16.1 Å². The average molecular weight is 437 g/mol. The molecule has 0 saturated carbocycles. The van der Waals surface area contributed by atoms with Gasteiger partial charge in [-0.1, -0.05) is 12.1 Å². The molecule has 0 aliphatic carbocycles. The van der Waals surface area contributed by atoms with E-state index in [1.807, 2.05) is 24.3 Å². The van der Waals surface area contributed by atoms with Crippen LogP contribution in [0.4, 0.5) is 0 Å². The normalized spacial score (nSPS) is 10.2. The largest absolute Gasteiger partial charge is 0.497 e. The lowest BCUT2D eigenvalue weighted by atomic mass is 10.1. The van der Waals surface area contributed by atoms with Crippen LogP contribution in [0.2, 0.25) is 0 Å². The van der Waals surface area contributed by atoms with E-state index in [-0.39, 0.29) is 25.4 Å². The predicted octanol–water partition coefficient (Wildman–Crippen LogP) is 4.18. The zero-order chi connectivity index (χ0) is 19.8. The average Bonchev–Trinajstić information content (AvgIpc) is 2.67. The zero-order valence-electron chi connectivity index (χ0n) is 15.4.